The summed E-state index contributed by atoms with van der Waals surface area (Å²) in [6.07, 6.45) is 9.83. The fraction of sp³-hybridized carbons (Fsp3) is 0.857. The van der Waals surface area contributed by atoms with Crippen molar-refractivity contribution in [2.45, 2.75) is 51.6 Å². The molecule has 0 heterocycles. The Morgan fingerprint density at radius 2 is 2.06 bits per heavy atom. The highest BCUT2D eigenvalue weighted by atomic mass is 15.2. The molecule has 0 spiro atoms. The normalized spacial score (nSPS) is 29.6. The quantitative estimate of drug-likeness (QED) is 0.699. The van der Waals surface area contributed by atoms with Crippen LogP contribution in [0.25, 0.3) is 0 Å². The minimum Gasteiger partial charge on any atom is -0.324 e. The van der Waals surface area contributed by atoms with E-state index in [1.54, 1.807) is 0 Å². The molecule has 2 aliphatic rings. The molecule has 1 fully saturated rings. The largest absolute Gasteiger partial charge is 0.324 e. The number of nitrogens with two attached hydrogens (primary N) is 1. The van der Waals surface area contributed by atoms with E-state index in [9.17, 15) is 0 Å². The molecule has 0 saturated heterocycles. The molecule has 92 valence electrons. The molecule has 2 N–H and O–H groups in total. The molecule has 0 bridgehead atoms. The van der Waals surface area contributed by atoms with E-state index in [4.69, 9.17) is 5.73 Å². The third-order valence-electron chi connectivity index (χ3n) is 3.73. The molecular formula is C14H26N2. The number of hydrogen-bond acceptors (Lipinski definition) is 2. The minimum absolute atomic E-state index is 0.316. The lowest BCUT2D eigenvalue weighted by atomic mass is 10.1. The summed E-state index contributed by atoms with van der Waals surface area (Å²) in [6.45, 7) is 7.15. The fourth-order valence-electron chi connectivity index (χ4n) is 2.53. The highest BCUT2D eigenvalue weighted by Gasteiger charge is 2.30. The van der Waals surface area contributed by atoms with Crippen LogP contribution in [0, 0.1) is 11.8 Å². The lowest BCUT2D eigenvalue weighted by Crippen LogP contribution is -2.33. The lowest BCUT2D eigenvalue weighted by Gasteiger charge is -2.25. The van der Waals surface area contributed by atoms with Crippen LogP contribution in [0.1, 0.15) is 39.5 Å². The third-order valence-corrected chi connectivity index (χ3v) is 3.73. The SMILES string of the molecule is CC(C)CCN(CC1C=CC(N)C1)C1CC1. The average molecular weight is 222 g/mol. The molecule has 0 aliphatic heterocycles. The van der Waals surface area contributed by atoms with Crippen LogP contribution in [0.4, 0.5) is 0 Å². The Kier molecular flexibility index (Phi) is 4.04. The van der Waals surface area contributed by atoms with Crippen LogP contribution in [0.2, 0.25) is 0 Å². The monoisotopic (exact) mass is 222 g/mol. The van der Waals surface area contributed by atoms with Gasteiger partial charge in [-0.15, -0.1) is 0 Å². The Morgan fingerprint density at radius 1 is 1.31 bits per heavy atom. The number of nitrogens with zero attached hydrogens (tertiary/aromatic N) is 1. The Bertz CT molecular complexity index is 243. The molecule has 2 aliphatic carbocycles. The van der Waals surface area contributed by atoms with E-state index in [0.29, 0.717) is 12.0 Å². The van der Waals surface area contributed by atoms with E-state index in [1.165, 1.54) is 32.4 Å². The Balaban J connectivity index is 1.76. The molecule has 2 nitrogen and oxygen atoms in total. The van der Waals surface area contributed by atoms with Crippen molar-refractivity contribution in [1.82, 2.24) is 4.90 Å². The van der Waals surface area contributed by atoms with Gasteiger partial charge in [-0.25, -0.2) is 0 Å². The maximum Gasteiger partial charge on any atom is 0.0229 e. The second kappa shape index (κ2) is 5.33. The maximum absolute atomic E-state index is 5.91. The number of rotatable bonds is 6. The first kappa shape index (κ1) is 12.1. The van der Waals surface area contributed by atoms with Gasteiger partial charge in [0.05, 0.1) is 0 Å². The molecule has 0 amide bonds. The Labute approximate surface area is 99.9 Å². The summed E-state index contributed by atoms with van der Waals surface area (Å²) in [7, 11) is 0. The fourth-order valence-corrected chi connectivity index (χ4v) is 2.53. The van der Waals surface area contributed by atoms with Crippen LogP contribution in [-0.4, -0.2) is 30.1 Å². The zero-order valence-corrected chi connectivity index (χ0v) is 10.7. The van der Waals surface area contributed by atoms with Crippen molar-refractivity contribution in [3.05, 3.63) is 12.2 Å². The van der Waals surface area contributed by atoms with Gasteiger partial charge in [-0.2, -0.15) is 0 Å². The molecular weight excluding hydrogens is 196 g/mol. The standard InChI is InChI=1S/C14H26N2/c1-11(2)7-8-16(14-5-6-14)10-12-3-4-13(15)9-12/h3-4,11-14H,5-10,15H2,1-2H3. The van der Waals surface area contributed by atoms with Crippen LogP contribution in [-0.2, 0) is 0 Å². The highest BCUT2D eigenvalue weighted by Crippen LogP contribution is 2.30. The molecule has 16 heavy (non-hydrogen) atoms. The summed E-state index contributed by atoms with van der Waals surface area (Å²) in [5, 5.41) is 0. The Hall–Kier alpha value is -0.340. The summed E-state index contributed by atoms with van der Waals surface area (Å²) in [5.41, 5.74) is 5.91. The first-order valence-electron chi connectivity index (χ1n) is 6.83. The number of hydrogen-bond donors (Lipinski definition) is 1. The topological polar surface area (TPSA) is 29.3 Å². The van der Waals surface area contributed by atoms with Crippen LogP contribution >= 0.6 is 0 Å². The van der Waals surface area contributed by atoms with Gasteiger partial charge >= 0.3 is 0 Å². The molecule has 2 atom stereocenters. The van der Waals surface area contributed by atoms with E-state index in [0.717, 1.165) is 18.4 Å². The van der Waals surface area contributed by atoms with Gasteiger partial charge in [0.2, 0.25) is 0 Å². The smallest absolute Gasteiger partial charge is 0.0229 e. The maximum atomic E-state index is 5.91. The lowest BCUT2D eigenvalue weighted by molar-refractivity contribution is 0.223. The van der Waals surface area contributed by atoms with Gasteiger partial charge in [0.25, 0.3) is 0 Å². The molecule has 2 rings (SSSR count). The highest BCUT2D eigenvalue weighted by molar-refractivity contribution is 5.05. The van der Waals surface area contributed by atoms with E-state index >= 15 is 0 Å². The van der Waals surface area contributed by atoms with E-state index < -0.39 is 0 Å². The molecule has 2 heteroatoms. The molecule has 0 aromatic heterocycles. The third kappa shape index (κ3) is 3.60. The van der Waals surface area contributed by atoms with Crippen LogP contribution in [0.15, 0.2) is 12.2 Å². The minimum atomic E-state index is 0.316. The summed E-state index contributed by atoms with van der Waals surface area (Å²) < 4.78 is 0. The van der Waals surface area contributed by atoms with Crippen LogP contribution in [0.5, 0.6) is 0 Å². The van der Waals surface area contributed by atoms with Crippen molar-refractivity contribution in [1.29, 1.82) is 0 Å². The van der Waals surface area contributed by atoms with Crippen molar-refractivity contribution >= 4 is 0 Å². The summed E-state index contributed by atoms with van der Waals surface area (Å²) in [5.74, 6) is 1.53. The Morgan fingerprint density at radius 3 is 2.56 bits per heavy atom. The summed E-state index contributed by atoms with van der Waals surface area (Å²) in [4.78, 5) is 2.70. The predicted octanol–water partition coefficient (Wildman–Crippen LogP) is 2.40. The first-order valence-corrected chi connectivity index (χ1v) is 6.83. The van der Waals surface area contributed by atoms with Gasteiger partial charge in [-0.3, -0.25) is 4.90 Å². The average Bonchev–Trinajstić information content (AvgIpc) is 2.98. The summed E-state index contributed by atoms with van der Waals surface area (Å²) in [6, 6.07) is 1.21. The van der Waals surface area contributed by atoms with Crippen molar-refractivity contribution < 1.29 is 0 Å². The molecule has 0 aromatic carbocycles. The van der Waals surface area contributed by atoms with Gasteiger partial charge in [-0.1, -0.05) is 26.0 Å². The molecule has 0 radical (unpaired) electrons. The van der Waals surface area contributed by atoms with E-state index in [1.807, 2.05) is 0 Å². The zero-order chi connectivity index (χ0) is 11.5. The predicted molar refractivity (Wildman–Crippen MR) is 69.3 cm³/mol. The summed E-state index contributed by atoms with van der Waals surface area (Å²) >= 11 is 0. The van der Waals surface area contributed by atoms with Gasteiger partial charge in [-0.05, 0) is 44.1 Å². The van der Waals surface area contributed by atoms with Crippen LogP contribution < -0.4 is 5.73 Å². The molecule has 0 aromatic rings. The molecule has 2 unspecified atom stereocenters. The second-order valence-corrected chi connectivity index (χ2v) is 5.95. The van der Waals surface area contributed by atoms with Gasteiger partial charge in [0.15, 0.2) is 0 Å². The zero-order valence-electron chi connectivity index (χ0n) is 10.7. The van der Waals surface area contributed by atoms with Crippen LogP contribution in [0.3, 0.4) is 0 Å². The van der Waals surface area contributed by atoms with Crippen molar-refractivity contribution in [2.75, 3.05) is 13.1 Å². The van der Waals surface area contributed by atoms with Crippen molar-refractivity contribution in [3.63, 3.8) is 0 Å². The van der Waals surface area contributed by atoms with E-state index in [-0.39, 0.29) is 0 Å². The van der Waals surface area contributed by atoms with Gasteiger partial charge in [0.1, 0.15) is 0 Å². The van der Waals surface area contributed by atoms with Crippen molar-refractivity contribution in [3.8, 4) is 0 Å². The first-order chi connectivity index (χ1) is 7.65. The van der Waals surface area contributed by atoms with Gasteiger partial charge < -0.3 is 5.73 Å². The van der Waals surface area contributed by atoms with Crippen molar-refractivity contribution in [2.24, 2.45) is 17.6 Å². The van der Waals surface area contributed by atoms with Gasteiger partial charge in [0, 0.05) is 18.6 Å². The molecule has 1 saturated carbocycles. The second-order valence-electron chi connectivity index (χ2n) is 5.95. The van der Waals surface area contributed by atoms with E-state index in [2.05, 4.69) is 30.9 Å².